The molecular formula is C22H18BrN3O4S. The Morgan fingerprint density at radius 3 is 2.23 bits per heavy atom. The summed E-state index contributed by atoms with van der Waals surface area (Å²) in [6.07, 6.45) is 1.95. The Bertz CT molecular complexity index is 1150. The largest absolute Gasteiger partial charge is 0.478 e. The van der Waals surface area contributed by atoms with Gasteiger partial charge in [-0.05, 0) is 60.9 Å². The first-order chi connectivity index (χ1) is 14.9. The van der Waals surface area contributed by atoms with Crippen molar-refractivity contribution < 1.29 is 19.5 Å². The zero-order chi connectivity index (χ0) is 22.4. The zero-order valence-electron chi connectivity index (χ0n) is 16.3. The molecule has 0 heterocycles. The molecule has 0 spiro atoms. The van der Waals surface area contributed by atoms with Crippen LogP contribution in [-0.2, 0) is 0 Å². The number of carboxylic acid groups (broad SMARTS) is 1. The summed E-state index contributed by atoms with van der Waals surface area (Å²) in [5.41, 5.74) is 1.46. The highest BCUT2D eigenvalue weighted by Crippen LogP contribution is 2.23. The molecule has 9 heteroatoms. The van der Waals surface area contributed by atoms with E-state index in [0.717, 1.165) is 4.90 Å². The molecule has 0 atom stereocenters. The number of anilines is 3. The van der Waals surface area contributed by atoms with Crippen LogP contribution in [0.1, 0.15) is 20.7 Å². The van der Waals surface area contributed by atoms with Gasteiger partial charge in [-0.3, -0.25) is 4.79 Å². The molecule has 0 unspecified atom stereocenters. The lowest BCUT2D eigenvalue weighted by atomic mass is 10.1. The van der Waals surface area contributed by atoms with Crippen molar-refractivity contribution in [2.45, 2.75) is 4.90 Å². The second kappa shape index (κ2) is 10.1. The van der Waals surface area contributed by atoms with Gasteiger partial charge < -0.3 is 21.1 Å². The third kappa shape index (κ3) is 6.09. The zero-order valence-corrected chi connectivity index (χ0v) is 18.7. The van der Waals surface area contributed by atoms with Gasteiger partial charge in [0.2, 0.25) is 0 Å². The smallest absolute Gasteiger partial charge is 0.337 e. The number of carbonyl (C=O) groups excluding carboxylic acids is 2. The number of hydrogen-bond acceptors (Lipinski definition) is 4. The van der Waals surface area contributed by atoms with Gasteiger partial charge in [-0.2, -0.15) is 0 Å². The number of carboxylic acids is 1. The number of hydrogen-bond donors (Lipinski definition) is 4. The number of aromatic carboxylic acids is 1. The van der Waals surface area contributed by atoms with E-state index in [4.69, 9.17) is 0 Å². The van der Waals surface area contributed by atoms with E-state index >= 15 is 0 Å². The van der Waals surface area contributed by atoms with Crippen molar-refractivity contribution in [3.8, 4) is 0 Å². The van der Waals surface area contributed by atoms with Gasteiger partial charge in [0.25, 0.3) is 5.91 Å². The van der Waals surface area contributed by atoms with Crippen molar-refractivity contribution in [1.82, 2.24) is 0 Å². The van der Waals surface area contributed by atoms with E-state index in [9.17, 15) is 19.5 Å². The predicted molar refractivity (Wildman–Crippen MR) is 126 cm³/mol. The monoisotopic (exact) mass is 499 g/mol. The number of benzene rings is 3. The summed E-state index contributed by atoms with van der Waals surface area (Å²) in [6, 6.07) is 17.9. The Morgan fingerprint density at radius 2 is 1.55 bits per heavy atom. The van der Waals surface area contributed by atoms with Crippen molar-refractivity contribution in [3.05, 3.63) is 82.3 Å². The third-order valence-corrected chi connectivity index (χ3v) is 5.39. The Morgan fingerprint density at radius 1 is 0.871 bits per heavy atom. The van der Waals surface area contributed by atoms with Gasteiger partial charge in [0.05, 0.1) is 11.3 Å². The Labute approximate surface area is 191 Å². The van der Waals surface area contributed by atoms with Crippen LogP contribution in [0.2, 0.25) is 0 Å². The van der Waals surface area contributed by atoms with E-state index in [0.29, 0.717) is 15.8 Å². The van der Waals surface area contributed by atoms with E-state index in [1.165, 1.54) is 18.2 Å². The first kappa shape index (κ1) is 22.4. The summed E-state index contributed by atoms with van der Waals surface area (Å²) in [5, 5.41) is 17.4. The van der Waals surface area contributed by atoms with Crippen LogP contribution in [0.5, 0.6) is 0 Å². The standard InChI is InChI=1S/C22H18BrN3O4S/c1-31-17-7-3-6-16(12-17)25-22(30)24-15-5-2-4-13(10-15)20(27)26-19-9-8-14(23)11-18(19)21(28)29/h2-12H,1H3,(H,26,27)(H,28,29)(H2,24,25,30). The van der Waals surface area contributed by atoms with Crippen LogP contribution >= 0.6 is 27.7 Å². The fourth-order valence-corrected chi connectivity index (χ4v) is 3.55. The molecule has 31 heavy (non-hydrogen) atoms. The van der Waals surface area contributed by atoms with Crippen LogP contribution < -0.4 is 16.0 Å². The van der Waals surface area contributed by atoms with E-state index < -0.39 is 17.9 Å². The van der Waals surface area contributed by atoms with Crippen molar-refractivity contribution in [2.75, 3.05) is 22.2 Å². The fourth-order valence-electron chi connectivity index (χ4n) is 2.73. The third-order valence-electron chi connectivity index (χ3n) is 4.17. The van der Waals surface area contributed by atoms with Crippen LogP contribution in [0, 0.1) is 0 Å². The second-order valence-corrected chi connectivity index (χ2v) is 8.14. The number of urea groups is 1. The second-order valence-electron chi connectivity index (χ2n) is 6.34. The average molecular weight is 500 g/mol. The van der Waals surface area contributed by atoms with Crippen molar-refractivity contribution in [1.29, 1.82) is 0 Å². The van der Waals surface area contributed by atoms with Gasteiger partial charge in [-0.15, -0.1) is 11.8 Å². The van der Waals surface area contributed by atoms with Gasteiger partial charge in [-0.25, -0.2) is 9.59 Å². The lowest BCUT2D eigenvalue weighted by Gasteiger charge is -2.11. The van der Waals surface area contributed by atoms with Crippen molar-refractivity contribution in [3.63, 3.8) is 0 Å². The average Bonchev–Trinajstić information content (AvgIpc) is 2.75. The van der Waals surface area contributed by atoms with Gasteiger partial charge in [0, 0.05) is 26.3 Å². The maximum absolute atomic E-state index is 12.6. The lowest BCUT2D eigenvalue weighted by Crippen LogP contribution is -2.20. The van der Waals surface area contributed by atoms with Crippen LogP contribution in [0.15, 0.2) is 76.1 Å². The number of thioether (sulfide) groups is 1. The minimum absolute atomic E-state index is 0.0381. The first-order valence-electron chi connectivity index (χ1n) is 9.02. The van der Waals surface area contributed by atoms with Gasteiger partial charge in [0.15, 0.2) is 0 Å². The molecule has 0 aromatic heterocycles. The summed E-state index contributed by atoms with van der Waals surface area (Å²) in [4.78, 5) is 37.4. The molecule has 0 aliphatic rings. The number of carbonyl (C=O) groups is 3. The molecule has 0 saturated carbocycles. The predicted octanol–water partition coefficient (Wildman–Crippen LogP) is 5.77. The number of nitrogens with one attached hydrogen (secondary N) is 3. The van der Waals surface area contributed by atoms with Gasteiger partial charge >= 0.3 is 12.0 Å². The normalized spacial score (nSPS) is 10.3. The van der Waals surface area contributed by atoms with E-state index in [-0.39, 0.29) is 16.8 Å². The maximum Gasteiger partial charge on any atom is 0.337 e. The summed E-state index contributed by atoms with van der Waals surface area (Å²) >= 11 is 4.78. The summed E-state index contributed by atoms with van der Waals surface area (Å²) in [5.74, 6) is -1.66. The minimum atomic E-state index is -1.16. The van der Waals surface area contributed by atoms with Crippen molar-refractivity contribution >= 4 is 62.7 Å². The molecule has 158 valence electrons. The molecule has 0 radical (unpaired) electrons. The first-order valence-corrected chi connectivity index (χ1v) is 11.0. The quantitative estimate of drug-likeness (QED) is 0.322. The summed E-state index contributed by atoms with van der Waals surface area (Å²) < 4.78 is 0.586. The van der Waals surface area contributed by atoms with Crippen LogP contribution in [0.25, 0.3) is 0 Å². The summed E-state index contributed by atoms with van der Waals surface area (Å²) in [7, 11) is 0. The Balaban J connectivity index is 1.70. The maximum atomic E-state index is 12.6. The molecular weight excluding hydrogens is 482 g/mol. The highest BCUT2D eigenvalue weighted by atomic mass is 79.9. The van der Waals surface area contributed by atoms with Crippen LogP contribution in [0.4, 0.5) is 21.9 Å². The molecule has 3 amide bonds. The molecule has 0 saturated heterocycles. The Kier molecular flexibility index (Phi) is 7.32. The molecule has 4 N–H and O–H groups in total. The molecule has 3 aromatic rings. The van der Waals surface area contributed by atoms with Crippen LogP contribution in [-0.4, -0.2) is 29.3 Å². The SMILES string of the molecule is CSc1cccc(NC(=O)Nc2cccc(C(=O)Nc3ccc(Br)cc3C(=O)O)c2)c1. The van der Waals surface area contributed by atoms with Crippen LogP contribution in [0.3, 0.4) is 0 Å². The lowest BCUT2D eigenvalue weighted by molar-refractivity contribution is 0.0698. The highest BCUT2D eigenvalue weighted by molar-refractivity contribution is 9.10. The molecule has 3 rings (SSSR count). The van der Waals surface area contributed by atoms with Crippen molar-refractivity contribution in [2.24, 2.45) is 0 Å². The molecule has 3 aromatic carbocycles. The molecule has 0 aliphatic carbocycles. The fraction of sp³-hybridized carbons (Fsp3) is 0.0455. The van der Waals surface area contributed by atoms with Gasteiger partial charge in [-0.1, -0.05) is 28.1 Å². The van der Waals surface area contributed by atoms with E-state index in [1.54, 1.807) is 42.1 Å². The molecule has 0 aliphatic heterocycles. The van der Waals surface area contributed by atoms with E-state index in [1.807, 2.05) is 24.5 Å². The molecule has 0 fully saturated rings. The summed E-state index contributed by atoms with van der Waals surface area (Å²) in [6.45, 7) is 0. The van der Waals surface area contributed by atoms with E-state index in [2.05, 4.69) is 31.9 Å². The number of rotatable bonds is 6. The highest BCUT2D eigenvalue weighted by Gasteiger charge is 2.15. The number of amides is 3. The number of halogens is 1. The topological polar surface area (TPSA) is 108 Å². The minimum Gasteiger partial charge on any atom is -0.478 e. The Hall–Kier alpha value is -3.30. The molecule has 7 nitrogen and oxygen atoms in total. The van der Waals surface area contributed by atoms with Gasteiger partial charge in [0.1, 0.15) is 0 Å². The molecule has 0 bridgehead atoms.